The molecule has 0 radical (unpaired) electrons. The molecule has 2 unspecified atom stereocenters. The molecule has 3 N–H and O–H groups in total. The van der Waals surface area contributed by atoms with Gasteiger partial charge in [0.2, 0.25) is 5.91 Å². The van der Waals surface area contributed by atoms with Gasteiger partial charge in [0.05, 0.1) is 25.4 Å². The van der Waals surface area contributed by atoms with Gasteiger partial charge in [-0.05, 0) is 77.0 Å². The Bertz CT molecular complexity index is 1400. The first kappa shape index (κ1) is 87.3. The molecule has 528 valence electrons. The van der Waals surface area contributed by atoms with Crippen molar-refractivity contribution < 1.29 is 24.5 Å². The molecule has 0 fully saturated rings. The van der Waals surface area contributed by atoms with Crippen molar-refractivity contribution in [1.82, 2.24) is 5.32 Å². The normalized spacial score (nSPS) is 12.5. The van der Waals surface area contributed by atoms with Gasteiger partial charge in [0.1, 0.15) is 0 Å². The van der Waals surface area contributed by atoms with Crippen LogP contribution in [0.1, 0.15) is 470 Å². The Morgan fingerprint density at radius 2 is 0.528 bits per heavy atom. The Morgan fingerprint density at radius 1 is 0.303 bits per heavy atom. The van der Waals surface area contributed by atoms with E-state index in [0.717, 1.165) is 44.9 Å². The summed E-state index contributed by atoms with van der Waals surface area (Å²) in [6, 6.07) is -0.540. The molecule has 0 bridgehead atoms. The molecule has 0 aliphatic rings. The number of carbonyl (C=O) groups excluding carboxylic acids is 2. The SMILES string of the molecule is CCCCCCCCC/C=C\CCCCCCCC(=O)OCCCCCCCCCCCCCC/C=C\CCCCCCCCCCCCCCCCCCCC(=O)NC(CO)C(O)CCCCCCCCCCCCCCCCCCCCCCCCC. The van der Waals surface area contributed by atoms with Crippen LogP contribution in [0.25, 0.3) is 0 Å². The lowest BCUT2D eigenvalue weighted by Crippen LogP contribution is -2.45. The molecule has 0 heterocycles. The molecule has 0 rings (SSSR count). The Labute approximate surface area is 558 Å². The average molecular weight is 1250 g/mol. The van der Waals surface area contributed by atoms with Gasteiger partial charge in [-0.1, -0.05) is 404 Å². The molecule has 0 aliphatic carbocycles. The van der Waals surface area contributed by atoms with Crippen LogP contribution in [0.5, 0.6) is 0 Å². The van der Waals surface area contributed by atoms with E-state index in [2.05, 4.69) is 43.5 Å². The number of hydrogen-bond acceptors (Lipinski definition) is 5. The molecule has 2 atom stereocenters. The van der Waals surface area contributed by atoms with Gasteiger partial charge in [-0.25, -0.2) is 0 Å². The summed E-state index contributed by atoms with van der Waals surface area (Å²) in [5, 5.41) is 23.5. The van der Waals surface area contributed by atoms with E-state index in [1.807, 2.05) is 0 Å². The molecule has 89 heavy (non-hydrogen) atoms. The van der Waals surface area contributed by atoms with Crippen LogP contribution >= 0.6 is 0 Å². The summed E-state index contributed by atoms with van der Waals surface area (Å²) < 4.78 is 5.50. The summed E-state index contributed by atoms with van der Waals surface area (Å²) in [4.78, 5) is 24.7. The van der Waals surface area contributed by atoms with E-state index >= 15 is 0 Å². The van der Waals surface area contributed by atoms with Crippen molar-refractivity contribution in [2.75, 3.05) is 13.2 Å². The van der Waals surface area contributed by atoms with Crippen LogP contribution in [0.15, 0.2) is 24.3 Å². The quantitative estimate of drug-likeness (QED) is 0.0320. The second-order valence-corrected chi connectivity index (χ2v) is 28.5. The van der Waals surface area contributed by atoms with E-state index in [0.29, 0.717) is 25.9 Å². The minimum absolute atomic E-state index is 0.0124. The molecule has 0 aliphatic heterocycles. The van der Waals surface area contributed by atoms with E-state index in [4.69, 9.17) is 4.74 Å². The molecule has 0 aromatic rings. The van der Waals surface area contributed by atoms with Gasteiger partial charge in [0, 0.05) is 12.8 Å². The van der Waals surface area contributed by atoms with Crippen molar-refractivity contribution in [2.45, 2.75) is 482 Å². The fourth-order valence-electron chi connectivity index (χ4n) is 13.2. The number of rotatable bonds is 78. The first-order chi connectivity index (χ1) is 44.0. The van der Waals surface area contributed by atoms with Gasteiger partial charge in [0.25, 0.3) is 0 Å². The Kier molecular flexibility index (Phi) is 77.3. The van der Waals surface area contributed by atoms with Crippen LogP contribution in [0.2, 0.25) is 0 Å². The lowest BCUT2D eigenvalue weighted by atomic mass is 10.0. The van der Waals surface area contributed by atoms with E-state index in [-0.39, 0.29) is 18.5 Å². The van der Waals surface area contributed by atoms with E-state index in [9.17, 15) is 19.8 Å². The summed E-state index contributed by atoms with van der Waals surface area (Å²) in [7, 11) is 0. The smallest absolute Gasteiger partial charge is 0.305 e. The second-order valence-electron chi connectivity index (χ2n) is 28.5. The number of aliphatic hydroxyl groups excluding tert-OH is 2. The van der Waals surface area contributed by atoms with Crippen molar-refractivity contribution in [3.8, 4) is 0 Å². The van der Waals surface area contributed by atoms with Gasteiger partial charge in [-0.15, -0.1) is 0 Å². The van der Waals surface area contributed by atoms with Gasteiger partial charge in [-0.3, -0.25) is 9.59 Å². The monoisotopic (exact) mass is 1250 g/mol. The summed E-state index contributed by atoms with van der Waals surface area (Å²) in [6.07, 6.45) is 101. The van der Waals surface area contributed by atoms with Crippen LogP contribution in [0.4, 0.5) is 0 Å². The van der Waals surface area contributed by atoms with Gasteiger partial charge in [-0.2, -0.15) is 0 Å². The molecule has 0 spiro atoms. The third-order valence-electron chi connectivity index (χ3n) is 19.5. The molecule has 6 nitrogen and oxygen atoms in total. The first-order valence-electron chi connectivity index (χ1n) is 41.1. The molecular formula is C83H161NO5. The average Bonchev–Trinajstić information content (AvgIpc) is 3.64. The fraction of sp³-hybridized carbons (Fsp3) is 0.928. The lowest BCUT2D eigenvalue weighted by Gasteiger charge is -2.22. The number of hydrogen-bond donors (Lipinski definition) is 3. The van der Waals surface area contributed by atoms with Crippen LogP contribution in [0, 0.1) is 0 Å². The van der Waals surface area contributed by atoms with E-state index < -0.39 is 12.1 Å². The Balaban J connectivity index is 3.35. The van der Waals surface area contributed by atoms with Crippen LogP contribution in [0.3, 0.4) is 0 Å². The minimum atomic E-state index is -0.663. The highest BCUT2D eigenvalue weighted by atomic mass is 16.5. The predicted molar refractivity (Wildman–Crippen MR) is 393 cm³/mol. The van der Waals surface area contributed by atoms with Gasteiger partial charge >= 0.3 is 5.97 Å². The second kappa shape index (κ2) is 78.8. The maximum atomic E-state index is 12.6. The number of unbranched alkanes of at least 4 members (excludes halogenated alkanes) is 63. The number of ether oxygens (including phenoxy) is 1. The van der Waals surface area contributed by atoms with Crippen molar-refractivity contribution in [1.29, 1.82) is 0 Å². The minimum Gasteiger partial charge on any atom is -0.466 e. The Hall–Kier alpha value is -1.66. The number of carbonyl (C=O) groups is 2. The molecule has 0 saturated heterocycles. The molecule has 0 aromatic heterocycles. The molecule has 0 aromatic carbocycles. The zero-order valence-corrected chi connectivity index (χ0v) is 60.7. The standard InChI is InChI=1S/C83H161NO5/c1-3-5-7-9-11-13-15-17-19-21-22-23-35-38-41-44-47-51-55-59-63-67-71-75-81(86)80(79-85)84-82(87)76-72-68-64-60-56-52-48-45-42-39-36-33-31-29-27-25-24-26-28-30-32-34-37-40-43-46-50-54-58-62-66-70-74-78-89-83(88)77-73-69-65-61-57-53-49-20-18-16-14-12-10-8-6-4-2/h20,28,30,49,80-81,85-86H,3-19,21-27,29,31-48,50-79H2,1-2H3,(H,84,87)/b30-28-,49-20-. The van der Waals surface area contributed by atoms with Gasteiger partial charge < -0.3 is 20.3 Å². The molecule has 1 amide bonds. The highest BCUT2D eigenvalue weighted by Crippen LogP contribution is 2.20. The van der Waals surface area contributed by atoms with Gasteiger partial charge in [0.15, 0.2) is 0 Å². The highest BCUT2D eigenvalue weighted by molar-refractivity contribution is 5.76. The maximum Gasteiger partial charge on any atom is 0.305 e. The summed E-state index contributed by atoms with van der Waals surface area (Å²) >= 11 is 0. The van der Waals surface area contributed by atoms with Crippen molar-refractivity contribution in [3.05, 3.63) is 24.3 Å². The lowest BCUT2D eigenvalue weighted by molar-refractivity contribution is -0.143. The van der Waals surface area contributed by atoms with Crippen LogP contribution in [-0.4, -0.2) is 47.4 Å². The van der Waals surface area contributed by atoms with Crippen LogP contribution < -0.4 is 5.32 Å². The third-order valence-corrected chi connectivity index (χ3v) is 19.5. The fourth-order valence-corrected chi connectivity index (χ4v) is 13.2. The van der Waals surface area contributed by atoms with Crippen molar-refractivity contribution in [2.24, 2.45) is 0 Å². The number of aliphatic hydroxyl groups is 2. The largest absolute Gasteiger partial charge is 0.466 e. The van der Waals surface area contributed by atoms with Crippen molar-refractivity contribution >= 4 is 11.9 Å². The summed E-state index contributed by atoms with van der Waals surface area (Å²) in [5.74, 6) is -0.0136. The maximum absolute atomic E-state index is 12.6. The number of allylic oxidation sites excluding steroid dienone is 4. The number of esters is 1. The van der Waals surface area contributed by atoms with Crippen molar-refractivity contribution in [3.63, 3.8) is 0 Å². The predicted octanol–water partition coefficient (Wildman–Crippen LogP) is 27.2. The third kappa shape index (κ3) is 75.3. The van der Waals surface area contributed by atoms with E-state index in [1.54, 1.807) is 0 Å². The first-order valence-corrected chi connectivity index (χ1v) is 41.1. The molecular weight excluding hydrogens is 1090 g/mol. The highest BCUT2D eigenvalue weighted by Gasteiger charge is 2.20. The Morgan fingerprint density at radius 3 is 0.798 bits per heavy atom. The van der Waals surface area contributed by atoms with Crippen LogP contribution in [-0.2, 0) is 14.3 Å². The summed E-state index contributed by atoms with van der Waals surface area (Å²) in [6.45, 7) is 5.00. The molecule has 6 heteroatoms. The van der Waals surface area contributed by atoms with E-state index in [1.165, 1.54) is 392 Å². The number of amides is 1. The molecule has 0 saturated carbocycles. The zero-order chi connectivity index (χ0) is 64.2. The summed E-state index contributed by atoms with van der Waals surface area (Å²) in [5.41, 5.74) is 0. The topological polar surface area (TPSA) is 95.9 Å². The zero-order valence-electron chi connectivity index (χ0n) is 60.7. The number of nitrogens with one attached hydrogen (secondary N) is 1.